The maximum atomic E-state index is 14.8. The molecule has 3 aromatic rings. The summed E-state index contributed by atoms with van der Waals surface area (Å²) in [6, 6.07) is 3.78. The summed E-state index contributed by atoms with van der Waals surface area (Å²) in [5, 5.41) is 9.87. The molecular weight excluding hydrogens is 836 g/mol. The molecule has 2 saturated carbocycles. The van der Waals surface area contributed by atoms with Crippen LogP contribution in [0.25, 0.3) is 10.9 Å². The number of carbonyl (C=O) groups excluding carboxylic acids is 4. The van der Waals surface area contributed by atoms with Crippen molar-refractivity contribution in [2.75, 3.05) is 13.7 Å². The Hall–Kier alpha value is -5.40. The Morgan fingerprint density at radius 2 is 1.85 bits per heavy atom. The zero-order valence-corrected chi connectivity index (χ0v) is 36.0. The van der Waals surface area contributed by atoms with Crippen LogP contribution in [0.5, 0.6) is 17.4 Å². The lowest BCUT2D eigenvalue weighted by Gasteiger charge is -2.30. The summed E-state index contributed by atoms with van der Waals surface area (Å²) in [4.78, 5) is 62.8. The third-order valence-electron chi connectivity index (χ3n) is 12.0. The van der Waals surface area contributed by atoms with Gasteiger partial charge in [-0.2, -0.15) is 18.3 Å². The molecule has 0 radical (unpaired) electrons. The molecule has 2 aliphatic heterocycles. The Labute approximate surface area is 357 Å². The fourth-order valence-corrected chi connectivity index (χ4v) is 9.40. The number of sulfonamides is 1. The highest BCUT2D eigenvalue weighted by Crippen LogP contribution is 2.48. The van der Waals surface area contributed by atoms with Crippen molar-refractivity contribution in [3.05, 3.63) is 53.9 Å². The zero-order valence-electron chi connectivity index (χ0n) is 35.2. The second-order valence-electron chi connectivity index (χ2n) is 17.2. The van der Waals surface area contributed by atoms with Gasteiger partial charge in [0.25, 0.3) is 11.8 Å². The van der Waals surface area contributed by atoms with Gasteiger partial charge in [0.05, 0.1) is 30.0 Å². The first-order valence-corrected chi connectivity index (χ1v) is 22.3. The smallest absolute Gasteiger partial charge is 0.408 e. The maximum absolute atomic E-state index is 14.8. The Kier molecular flexibility index (Phi) is 12.3. The molecule has 62 heavy (non-hydrogen) atoms. The van der Waals surface area contributed by atoms with Gasteiger partial charge in [-0.1, -0.05) is 25.0 Å². The third-order valence-corrected chi connectivity index (χ3v) is 14.1. The number of benzene rings is 1. The molecule has 0 spiro atoms. The quantitative estimate of drug-likeness (QED) is 0.227. The van der Waals surface area contributed by atoms with Crippen molar-refractivity contribution in [1.82, 2.24) is 35.0 Å². The number of nitrogens with zero attached hydrogens (tertiary/aromatic N) is 4. The van der Waals surface area contributed by atoms with Crippen LogP contribution in [0.15, 0.2) is 42.6 Å². The van der Waals surface area contributed by atoms with Gasteiger partial charge in [0.1, 0.15) is 47.5 Å². The van der Waals surface area contributed by atoms with Crippen LogP contribution in [-0.2, 0) is 31.0 Å². The summed E-state index contributed by atoms with van der Waals surface area (Å²) in [6.07, 6.45) is 2.34. The molecule has 5 atom stereocenters. The van der Waals surface area contributed by atoms with Crippen LogP contribution in [0.1, 0.15) is 94.6 Å². The lowest BCUT2D eigenvalue weighted by atomic mass is 10.0. The van der Waals surface area contributed by atoms with Gasteiger partial charge in [-0.25, -0.2) is 13.4 Å². The van der Waals surface area contributed by atoms with Crippen molar-refractivity contribution in [3.8, 4) is 17.4 Å². The van der Waals surface area contributed by atoms with Crippen molar-refractivity contribution in [2.45, 2.75) is 133 Å². The minimum absolute atomic E-state index is 0.0754. The average molecular weight is 888 g/mol. The fraction of sp³-hybridized carbons (Fsp3) is 0.571. The van der Waals surface area contributed by atoms with Gasteiger partial charge < -0.3 is 29.7 Å². The highest BCUT2D eigenvalue weighted by molar-refractivity contribution is 7.91. The first kappa shape index (κ1) is 44.6. The summed E-state index contributed by atoms with van der Waals surface area (Å²) in [5.41, 5.74) is -0.702. The van der Waals surface area contributed by atoms with Crippen molar-refractivity contribution >= 4 is 44.6 Å². The minimum atomic E-state index is -4.58. The number of methoxy groups -OCH3 is 1. The van der Waals surface area contributed by atoms with E-state index in [9.17, 15) is 40.8 Å². The monoisotopic (exact) mass is 887 g/mol. The zero-order chi connectivity index (χ0) is 44.8. The molecule has 1 unspecified atom stereocenters. The molecule has 3 fully saturated rings. The summed E-state index contributed by atoms with van der Waals surface area (Å²) >= 11 is 0. The molecule has 3 N–H and O–H groups in total. The van der Waals surface area contributed by atoms with E-state index in [0.29, 0.717) is 71.2 Å². The number of aryl methyl sites for hydroxylation is 1. The minimum Gasteiger partial charge on any atom is -0.496 e. The van der Waals surface area contributed by atoms with Gasteiger partial charge in [0.2, 0.25) is 27.7 Å². The van der Waals surface area contributed by atoms with Crippen molar-refractivity contribution in [1.29, 1.82) is 0 Å². The summed E-state index contributed by atoms with van der Waals surface area (Å²) in [6.45, 7) is 5.50. The molecule has 1 saturated heterocycles. The van der Waals surface area contributed by atoms with E-state index < -0.39 is 80.8 Å². The Morgan fingerprint density at radius 3 is 2.55 bits per heavy atom. The molecule has 1 aromatic carbocycles. The maximum Gasteiger partial charge on any atom is 0.408 e. The predicted molar refractivity (Wildman–Crippen MR) is 219 cm³/mol. The number of pyridine rings is 1. The summed E-state index contributed by atoms with van der Waals surface area (Å²) in [7, 11) is -2.53. The first-order valence-electron chi connectivity index (χ1n) is 20.8. The van der Waals surface area contributed by atoms with E-state index in [2.05, 4.69) is 20.5 Å². The van der Waals surface area contributed by atoms with Crippen LogP contribution >= 0.6 is 0 Å². The second kappa shape index (κ2) is 17.0. The number of ether oxygens (including phenoxy) is 3. The molecule has 16 nitrogen and oxygen atoms in total. The Balaban J connectivity index is 1.22. The SMILES string of the molecule is COc1ccc2c(O[C@@H]3C[C@H]4C(=O)N[C@]5(C(=O)NS(=O)(=O)C6(C)CC6)CC5/C=C\CCCCC[C@H](NC(=O)c5ccn(CC(F)(F)F)n5)C(=O)N4C3)cc(OC(C)C)nc2c1C. The fourth-order valence-electron chi connectivity index (χ4n) is 8.09. The standard InChI is InChI=1S/C42H52F3N7O9S/c1-24(2)60-34-20-33(28-13-14-32(59-5)25(3)35(28)47-34)61-27-19-31-37(54)48-41(39(56)50-62(57,58)40(4)16-17-40)21-26(41)11-9-7-6-8-10-12-30(38(55)52(31)22-27)46-36(53)29-15-18-51(49-29)23-42(43,44)45/h9,11,13-15,18,20,24,26-27,30-31H,6-8,10,12,16-17,19,21-23H2,1-5H3,(H,46,53)(H,48,54)(H,50,56)/b11-9-/t26?,27-,30+,31+,41-/m1/s1. The van der Waals surface area contributed by atoms with E-state index in [-0.39, 0.29) is 43.5 Å². The van der Waals surface area contributed by atoms with Crippen molar-refractivity contribution in [2.24, 2.45) is 5.92 Å². The summed E-state index contributed by atoms with van der Waals surface area (Å²) in [5.74, 6) is -2.49. The van der Waals surface area contributed by atoms with E-state index in [0.717, 1.165) is 12.3 Å². The molecule has 20 heteroatoms. The van der Waals surface area contributed by atoms with Crippen molar-refractivity contribution < 1.29 is 55.0 Å². The van der Waals surface area contributed by atoms with Crippen LogP contribution in [0, 0.1) is 12.8 Å². The molecule has 4 aliphatic rings. The number of allylic oxidation sites excluding steroid dienone is 1. The van der Waals surface area contributed by atoms with Crippen LogP contribution in [0.4, 0.5) is 13.2 Å². The summed E-state index contributed by atoms with van der Waals surface area (Å²) < 4.78 is 85.6. The number of hydrogen-bond donors (Lipinski definition) is 3. The number of hydrogen-bond acceptors (Lipinski definition) is 11. The largest absolute Gasteiger partial charge is 0.496 e. The second-order valence-corrected chi connectivity index (χ2v) is 19.4. The van der Waals surface area contributed by atoms with E-state index >= 15 is 0 Å². The topological polar surface area (TPSA) is 200 Å². The van der Waals surface area contributed by atoms with E-state index in [1.165, 1.54) is 12.0 Å². The number of amides is 4. The van der Waals surface area contributed by atoms with E-state index in [1.54, 1.807) is 31.2 Å². The molecule has 2 aromatic heterocycles. The molecular formula is C42H52F3N7O9S. The van der Waals surface area contributed by atoms with Crippen molar-refractivity contribution in [3.63, 3.8) is 0 Å². The highest BCUT2D eigenvalue weighted by atomic mass is 32.2. The van der Waals surface area contributed by atoms with Gasteiger partial charge >= 0.3 is 6.18 Å². The Bertz CT molecular complexity index is 2380. The van der Waals surface area contributed by atoms with Crippen LogP contribution in [0.2, 0.25) is 0 Å². The van der Waals surface area contributed by atoms with Gasteiger partial charge in [0.15, 0.2) is 0 Å². The molecule has 4 heterocycles. The van der Waals surface area contributed by atoms with E-state index in [4.69, 9.17) is 19.2 Å². The number of aromatic nitrogens is 3. The number of alkyl halides is 3. The highest BCUT2D eigenvalue weighted by Gasteiger charge is 2.63. The normalized spacial score (nSPS) is 25.7. The molecule has 2 aliphatic carbocycles. The number of halogens is 3. The van der Waals surface area contributed by atoms with Crippen LogP contribution in [-0.4, -0.2) is 106 Å². The number of carbonyl (C=O) groups is 4. The lowest BCUT2D eigenvalue weighted by Crippen LogP contribution is -2.58. The Morgan fingerprint density at radius 1 is 1.10 bits per heavy atom. The average Bonchev–Trinajstić information content (AvgIpc) is 3.99. The van der Waals surface area contributed by atoms with Gasteiger partial charge in [0, 0.05) is 35.6 Å². The third kappa shape index (κ3) is 9.49. The van der Waals surface area contributed by atoms with Gasteiger partial charge in [-0.3, -0.25) is 28.6 Å². The van der Waals surface area contributed by atoms with Crippen LogP contribution in [0.3, 0.4) is 0 Å². The number of fused-ring (bicyclic) bond motifs is 3. The number of rotatable bonds is 11. The molecule has 336 valence electrons. The van der Waals surface area contributed by atoms with Crippen LogP contribution < -0.4 is 29.6 Å². The first-order chi connectivity index (χ1) is 29.2. The van der Waals surface area contributed by atoms with Gasteiger partial charge in [-0.05, 0) is 84.4 Å². The van der Waals surface area contributed by atoms with E-state index in [1.807, 2.05) is 26.8 Å². The number of nitrogens with one attached hydrogen (secondary N) is 3. The van der Waals surface area contributed by atoms with Gasteiger partial charge in [-0.15, -0.1) is 0 Å². The molecule has 7 rings (SSSR count). The molecule has 4 amide bonds. The predicted octanol–water partition coefficient (Wildman–Crippen LogP) is 4.64. The lowest BCUT2D eigenvalue weighted by molar-refractivity contribution is -0.142. The molecule has 0 bridgehead atoms.